The highest BCUT2D eigenvalue weighted by atomic mass is 32.2. The first-order valence-electron chi connectivity index (χ1n) is 11.8. The van der Waals surface area contributed by atoms with E-state index in [9.17, 15) is 13.2 Å². The molecule has 0 heterocycles. The molecule has 0 radical (unpaired) electrons. The zero-order valence-electron chi connectivity index (χ0n) is 21.3. The van der Waals surface area contributed by atoms with Crippen LogP contribution in [0.15, 0.2) is 53.4 Å². The van der Waals surface area contributed by atoms with E-state index in [4.69, 9.17) is 14.6 Å². The molecule has 3 rings (SSSR count). The highest BCUT2D eigenvalue weighted by molar-refractivity contribution is 7.92. The van der Waals surface area contributed by atoms with Gasteiger partial charge in [-0.05, 0) is 92.6 Å². The number of hydrogen-bond acceptors (Lipinski definition) is 5. The second-order valence-electron chi connectivity index (χ2n) is 8.75. The van der Waals surface area contributed by atoms with Crippen LogP contribution < -0.4 is 14.2 Å². The SMILES string of the molecule is Cc1c(C)c(C)c(S(=O)(=O)Nc2ccccc2OCCOc2ccccc2CCC(=O)O)c(C)c1C. The average Bonchev–Trinajstić information content (AvgIpc) is 2.84. The van der Waals surface area contributed by atoms with Crippen LogP contribution in [0.25, 0.3) is 0 Å². The lowest BCUT2D eigenvalue weighted by atomic mass is 9.95. The Hall–Kier alpha value is -3.52. The number of ether oxygens (including phenoxy) is 2. The molecule has 3 aromatic rings. The number of nitrogens with one attached hydrogen (secondary N) is 1. The fourth-order valence-corrected chi connectivity index (χ4v) is 5.81. The Balaban J connectivity index is 1.72. The van der Waals surface area contributed by atoms with Crippen LogP contribution in [0.3, 0.4) is 0 Å². The van der Waals surface area contributed by atoms with Crippen LogP contribution in [-0.2, 0) is 21.2 Å². The number of carbonyl (C=O) groups is 1. The summed E-state index contributed by atoms with van der Waals surface area (Å²) in [5, 5.41) is 8.95. The van der Waals surface area contributed by atoms with Crippen LogP contribution in [0.4, 0.5) is 5.69 Å². The molecule has 0 atom stereocenters. The number of sulfonamides is 1. The summed E-state index contributed by atoms with van der Waals surface area (Å²) in [5.74, 6) is 0.126. The van der Waals surface area contributed by atoms with Gasteiger partial charge in [0.05, 0.1) is 10.6 Å². The molecule has 0 unspecified atom stereocenters. The van der Waals surface area contributed by atoms with Gasteiger partial charge in [-0.3, -0.25) is 9.52 Å². The summed E-state index contributed by atoms with van der Waals surface area (Å²) in [5.41, 5.74) is 5.63. The van der Waals surface area contributed by atoms with Gasteiger partial charge in [-0.25, -0.2) is 8.42 Å². The fourth-order valence-electron chi connectivity index (χ4n) is 4.14. The van der Waals surface area contributed by atoms with Crippen LogP contribution in [0, 0.1) is 34.6 Å². The lowest BCUT2D eigenvalue weighted by Crippen LogP contribution is -2.18. The Morgan fingerprint density at radius 3 is 1.89 bits per heavy atom. The lowest BCUT2D eigenvalue weighted by Gasteiger charge is -2.20. The van der Waals surface area contributed by atoms with Crippen molar-refractivity contribution in [2.24, 2.45) is 0 Å². The second-order valence-corrected chi connectivity index (χ2v) is 10.4. The summed E-state index contributed by atoms with van der Waals surface area (Å²) in [6, 6.07) is 14.2. The van der Waals surface area contributed by atoms with Crippen molar-refractivity contribution in [2.45, 2.75) is 52.4 Å². The van der Waals surface area contributed by atoms with Crippen LogP contribution in [0.2, 0.25) is 0 Å². The maximum atomic E-state index is 13.4. The minimum Gasteiger partial charge on any atom is -0.490 e. The van der Waals surface area contributed by atoms with Gasteiger partial charge in [0.15, 0.2) is 0 Å². The van der Waals surface area contributed by atoms with Gasteiger partial charge in [-0.15, -0.1) is 0 Å². The van der Waals surface area contributed by atoms with Crippen molar-refractivity contribution in [3.8, 4) is 11.5 Å². The molecule has 0 saturated heterocycles. The van der Waals surface area contributed by atoms with E-state index in [2.05, 4.69) is 4.72 Å². The summed E-state index contributed by atoms with van der Waals surface area (Å²) in [7, 11) is -3.86. The van der Waals surface area contributed by atoms with Gasteiger partial charge in [-0.2, -0.15) is 0 Å². The molecule has 0 aliphatic carbocycles. The van der Waals surface area contributed by atoms with Gasteiger partial charge in [-0.1, -0.05) is 30.3 Å². The van der Waals surface area contributed by atoms with Gasteiger partial charge in [0, 0.05) is 6.42 Å². The molecule has 3 aromatic carbocycles. The zero-order valence-corrected chi connectivity index (χ0v) is 22.2. The molecule has 36 heavy (non-hydrogen) atoms. The molecular formula is C28H33NO6S. The van der Waals surface area contributed by atoms with Crippen LogP contribution in [0.1, 0.15) is 39.8 Å². The van der Waals surface area contributed by atoms with Gasteiger partial charge in [0.25, 0.3) is 10.0 Å². The maximum absolute atomic E-state index is 13.4. The summed E-state index contributed by atoms with van der Waals surface area (Å²) in [4.78, 5) is 11.2. The number of rotatable bonds is 11. The Morgan fingerprint density at radius 1 is 0.778 bits per heavy atom. The molecule has 7 nitrogen and oxygen atoms in total. The Morgan fingerprint density at radius 2 is 1.28 bits per heavy atom. The number of aliphatic carboxylic acids is 1. The third-order valence-corrected chi connectivity index (χ3v) is 8.15. The summed E-state index contributed by atoms with van der Waals surface area (Å²) < 4.78 is 41.3. The van der Waals surface area contributed by atoms with Crippen molar-refractivity contribution in [1.29, 1.82) is 0 Å². The van der Waals surface area contributed by atoms with Gasteiger partial charge in [0.1, 0.15) is 24.7 Å². The molecule has 2 N–H and O–H groups in total. The number of benzene rings is 3. The molecule has 0 fully saturated rings. The van der Waals surface area contributed by atoms with Gasteiger partial charge in [0.2, 0.25) is 0 Å². The largest absolute Gasteiger partial charge is 0.490 e. The minimum absolute atomic E-state index is 0.0172. The van der Waals surface area contributed by atoms with Gasteiger partial charge >= 0.3 is 5.97 Å². The molecule has 0 bridgehead atoms. The predicted molar refractivity (Wildman–Crippen MR) is 141 cm³/mol. The van der Waals surface area contributed by atoms with E-state index < -0.39 is 16.0 Å². The first-order chi connectivity index (χ1) is 17.0. The van der Waals surface area contributed by atoms with Crippen LogP contribution >= 0.6 is 0 Å². The van der Waals surface area contributed by atoms with Crippen molar-refractivity contribution >= 4 is 21.7 Å². The number of carboxylic acids is 1. The lowest BCUT2D eigenvalue weighted by molar-refractivity contribution is -0.136. The molecule has 0 spiro atoms. The van der Waals surface area contributed by atoms with E-state index in [1.165, 1.54) is 0 Å². The molecule has 8 heteroatoms. The number of anilines is 1. The molecule has 0 saturated carbocycles. The van der Waals surface area contributed by atoms with Crippen molar-refractivity contribution < 1.29 is 27.8 Å². The number of carboxylic acid groups (broad SMARTS) is 1. The Bertz CT molecular complexity index is 1340. The molecule has 0 aromatic heterocycles. The molecular weight excluding hydrogens is 478 g/mol. The standard InChI is InChI=1S/C28H33NO6S/c1-18-19(2)21(4)28(22(5)20(18)3)36(32,33)29-24-11-7-9-13-26(24)35-17-16-34-25-12-8-6-10-23(25)14-15-27(30)31/h6-13,29H,14-17H2,1-5H3,(H,30,31). The van der Waals surface area contributed by atoms with E-state index in [0.29, 0.717) is 28.5 Å². The van der Waals surface area contributed by atoms with Crippen molar-refractivity contribution in [3.63, 3.8) is 0 Å². The van der Waals surface area contributed by atoms with E-state index in [1.54, 1.807) is 30.3 Å². The fraction of sp³-hybridized carbons (Fsp3) is 0.321. The van der Waals surface area contributed by atoms with Crippen molar-refractivity contribution in [2.75, 3.05) is 17.9 Å². The Labute approximate surface area is 213 Å². The average molecular weight is 512 g/mol. The topological polar surface area (TPSA) is 102 Å². The van der Waals surface area contributed by atoms with Gasteiger partial charge < -0.3 is 14.6 Å². The normalized spacial score (nSPS) is 11.2. The molecule has 0 aliphatic heterocycles. The zero-order chi connectivity index (χ0) is 26.5. The number of aryl methyl sites for hydroxylation is 1. The molecule has 0 amide bonds. The smallest absolute Gasteiger partial charge is 0.303 e. The molecule has 0 aliphatic rings. The van der Waals surface area contributed by atoms with Crippen LogP contribution in [-0.4, -0.2) is 32.7 Å². The summed E-state index contributed by atoms with van der Waals surface area (Å²) in [6.45, 7) is 9.92. The number of para-hydroxylation sites is 3. The maximum Gasteiger partial charge on any atom is 0.303 e. The van der Waals surface area contributed by atoms with Crippen molar-refractivity contribution in [1.82, 2.24) is 0 Å². The first-order valence-corrected chi connectivity index (χ1v) is 13.2. The van der Waals surface area contributed by atoms with E-state index in [-0.39, 0.29) is 19.6 Å². The summed E-state index contributed by atoms with van der Waals surface area (Å²) in [6.07, 6.45) is 0.386. The monoisotopic (exact) mass is 511 g/mol. The highest BCUT2D eigenvalue weighted by Crippen LogP contribution is 2.33. The quantitative estimate of drug-likeness (QED) is 0.330. The first kappa shape index (κ1) is 27.1. The van der Waals surface area contributed by atoms with E-state index >= 15 is 0 Å². The van der Waals surface area contributed by atoms with E-state index in [1.807, 2.05) is 52.8 Å². The molecule has 192 valence electrons. The highest BCUT2D eigenvalue weighted by Gasteiger charge is 2.24. The third kappa shape index (κ3) is 6.18. The predicted octanol–water partition coefficient (Wildman–Crippen LogP) is 5.50. The van der Waals surface area contributed by atoms with E-state index in [0.717, 1.165) is 33.4 Å². The third-order valence-electron chi connectivity index (χ3n) is 6.51. The second kappa shape index (κ2) is 11.5. The minimum atomic E-state index is -3.86. The van der Waals surface area contributed by atoms with Crippen LogP contribution in [0.5, 0.6) is 11.5 Å². The van der Waals surface area contributed by atoms with Crippen molar-refractivity contribution in [3.05, 3.63) is 81.9 Å². The summed E-state index contributed by atoms with van der Waals surface area (Å²) >= 11 is 0. The Kier molecular flexibility index (Phi) is 8.63. The number of hydrogen-bond donors (Lipinski definition) is 2.